The van der Waals surface area contributed by atoms with Crippen molar-refractivity contribution in [2.24, 2.45) is 0 Å². The van der Waals surface area contributed by atoms with E-state index in [1.807, 2.05) is 0 Å². The van der Waals surface area contributed by atoms with Crippen molar-refractivity contribution in [3.63, 3.8) is 0 Å². The monoisotopic (exact) mass is 234 g/mol. The summed E-state index contributed by atoms with van der Waals surface area (Å²) in [4.78, 5) is 14.0. The van der Waals surface area contributed by atoms with Crippen LogP contribution in [0.15, 0.2) is 18.2 Å². The first-order chi connectivity index (χ1) is 7.43. The Morgan fingerprint density at radius 1 is 1.50 bits per heavy atom. The third-order valence-electron chi connectivity index (χ3n) is 1.68. The molecule has 0 aliphatic carbocycles. The first-order valence-corrected chi connectivity index (χ1v) is 4.28. The van der Waals surface area contributed by atoms with Gasteiger partial charge in [0.2, 0.25) is 0 Å². The molecule has 1 rings (SSSR count). The van der Waals surface area contributed by atoms with Crippen molar-refractivity contribution >= 4 is 11.8 Å². The van der Waals surface area contributed by atoms with Gasteiger partial charge in [0.1, 0.15) is 18.1 Å². The summed E-state index contributed by atoms with van der Waals surface area (Å²) in [6.07, 6.45) is -4.50. The van der Waals surface area contributed by atoms with Gasteiger partial charge >= 0.3 is 12.1 Å². The summed E-state index contributed by atoms with van der Waals surface area (Å²) in [5.41, 5.74) is -1.01. The van der Waals surface area contributed by atoms with Crippen LogP contribution < -0.4 is 5.32 Å². The molecule has 1 N–H and O–H groups in total. The number of nitrogens with zero attached hydrogens (tertiary/aromatic N) is 1. The van der Waals surface area contributed by atoms with Crippen LogP contribution in [0.5, 0.6) is 0 Å². The van der Waals surface area contributed by atoms with Crippen molar-refractivity contribution in [3.8, 4) is 0 Å². The van der Waals surface area contributed by atoms with Gasteiger partial charge in [-0.3, -0.25) is 4.79 Å². The molecule has 0 spiro atoms. The summed E-state index contributed by atoms with van der Waals surface area (Å²) < 4.78 is 41.1. The van der Waals surface area contributed by atoms with Gasteiger partial charge in [0, 0.05) is 0 Å². The van der Waals surface area contributed by atoms with E-state index in [9.17, 15) is 18.0 Å². The number of rotatable bonds is 3. The molecule has 16 heavy (non-hydrogen) atoms. The summed E-state index contributed by atoms with van der Waals surface area (Å²) in [5, 5.41) is 2.42. The summed E-state index contributed by atoms with van der Waals surface area (Å²) in [6.45, 7) is -0.231. The molecule has 0 fully saturated rings. The average Bonchev–Trinajstić information content (AvgIpc) is 2.25. The SMILES string of the molecule is COC(=O)CNc1cccc(C(F)(F)F)n1. The number of carbonyl (C=O) groups excluding carboxylic acids is 1. The van der Waals surface area contributed by atoms with Crippen LogP contribution >= 0.6 is 0 Å². The molecule has 88 valence electrons. The smallest absolute Gasteiger partial charge is 0.433 e. The normalized spacial score (nSPS) is 11.0. The second-order valence-electron chi connectivity index (χ2n) is 2.84. The van der Waals surface area contributed by atoms with E-state index in [1.165, 1.54) is 19.2 Å². The molecule has 0 aliphatic heterocycles. The minimum atomic E-state index is -4.50. The van der Waals surface area contributed by atoms with Gasteiger partial charge in [-0.05, 0) is 12.1 Å². The van der Waals surface area contributed by atoms with Gasteiger partial charge in [0.05, 0.1) is 7.11 Å². The van der Waals surface area contributed by atoms with Gasteiger partial charge in [-0.1, -0.05) is 6.07 Å². The van der Waals surface area contributed by atoms with Crippen molar-refractivity contribution in [1.82, 2.24) is 4.98 Å². The number of nitrogens with one attached hydrogen (secondary N) is 1. The van der Waals surface area contributed by atoms with Crippen LogP contribution in [0.3, 0.4) is 0 Å². The van der Waals surface area contributed by atoms with E-state index in [1.54, 1.807) is 0 Å². The van der Waals surface area contributed by atoms with E-state index in [-0.39, 0.29) is 12.4 Å². The fourth-order valence-corrected chi connectivity index (χ4v) is 0.926. The van der Waals surface area contributed by atoms with Crippen LogP contribution in [-0.2, 0) is 15.7 Å². The van der Waals surface area contributed by atoms with Gasteiger partial charge in [-0.15, -0.1) is 0 Å². The molecule has 7 heteroatoms. The van der Waals surface area contributed by atoms with Crippen molar-refractivity contribution in [2.45, 2.75) is 6.18 Å². The Hall–Kier alpha value is -1.79. The number of esters is 1. The molecular weight excluding hydrogens is 225 g/mol. The highest BCUT2D eigenvalue weighted by Crippen LogP contribution is 2.27. The number of methoxy groups -OCH3 is 1. The molecule has 0 saturated carbocycles. The van der Waals surface area contributed by atoms with E-state index >= 15 is 0 Å². The Morgan fingerprint density at radius 3 is 2.75 bits per heavy atom. The lowest BCUT2D eigenvalue weighted by atomic mass is 10.3. The third kappa shape index (κ3) is 3.41. The predicted molar refractivity (Wildman–Crippen MR) is 49.7 cm³/mol. The zero-order chi connectivity index (χ0) is 12.2. The molecule has 0 amide bonds. The van der Waals surface area contributed by atoms with Gasteiger partial charge in [0.15, 0.2) is 0 Å². The van der Waals surface area contributed by atoms with Crippen LogP contribution in [0.4, 0.5) is 19.0 Å². The molecule has 0 aliphatic rings. The highest BCUT2D eigenvalue weighted by atomic mass is 19.4. The van der Waals surface area contributed by atoms with Crippen LogP contribution in [0, 0.1) is 0 Å². The molecule has 1 aromatic heterocycles. The lowest BCUT2D eigenvalue weighted by molar-refractivity contribution is -0.141. The molecule has 4 nitrogen and oxygen atoms in total. The average molecular weight is 234 g/mol. The maximum Gasteiger partial charge on any atom is 0.433 e. The Labute approximate surface area is 89.4 Å². The molecule has 0 unspecified atom stereocenters. The van der Waals surface area contributed by atoms with Gasteiger partial charge in [0.25, 0.3) is 0 Å². The minimum absolute atomic E-state index is 0.0276. The second-order valence-corrected chi connectivity index (χ2v) is 2.84. The molecule has 0 saturated heterocycles. The number of alkyl halides is 3. The molecular formula is C9H9F3N2O2. The lowest BCUT2D eigenvalue weighted by Gasteiger charge is -2.08. The fraction of sp³-hybridized carbons (Fsp3) is 0.333. The van der Waals surface area contributed by atoms with Crippen LogP contribution in [0.25, 0.3) is 0 Å². The molecule has 0 atom stereocenters. The maximum absolute atomic E-state index is 12.3. The zero-order valence-electron chi connectivity index (χ0n) is 8.34. The van der Waals surface area contributed by atoms with E-state index < -0.39 is 17.8 Å². The van der Waals surface area contributed by atoms with Crippen molar-refractivity contribution in [2.75, 3.05) is 19.0 Å². The quantitative estimate of drug-likeness (QED) is 0.808. The summed E-state index contributed by atoms with van der Waals surface area (Å²) in [6, 6.07) is 3.39. The number of anilines is 1. The number of pyridine rings is 1. The standard InChI is InChI=1S/C9H9F3N2O2/c1-16-8(15)5-13-7-4-2-3-6(14-7)9(10,11)12/h2-4H,5H2,1H3,(H,13,14). The molecule has 0 aromatic carbocycles. The second kappa shape index (κ2) is 4.82. The minimum Gasteiger partial charge on any atom is -0.468 e. The van der Waals surface area contributed by atoms with Gasteiger partial charge in [-0.2, -0.15) is 13.2 Å². The van der Waals surface area contributed by atoms with Crippen LogP contribution in [0.2, 0.25) is 0 Å². The molecule has 1 heterocycles. The summed E-state index contributed by atoms with van der Waals surface area (Å²) in [7, 11) is 1.18. The maximum atomic E-state index is 12.3. The molecule has 0 bridgehead atoms. The van der Waals surface area contributed by atoms with Crippen LogP contribution in [0.1, 0.15) is 5.69 Å². The number of aromatic nitrogens is 1. The van der Waals surface area contributed by atoms with E-state index in [4.69, 9.17) is 0 Å². The number of hydrogen-bond acceptors (Lipinski definition) is 4. The van der Waals surface area contributed by atoms with Crippen molar-refractivity contribution < 1.29 is 22.7 Å². The summed E-state index contributed by atoms with van der Waals surface area (Å²) >= 11 is 0. The van der Waals surface area contributed by atoms with E-state index in [2.05, 4.69) is 15.0 Å². The first kappa shape index (κ1) is 12.3. The number of carbonyl (C=O) groups is 1. The Kier molecular flexibility index (Phi) is 3.70. The number of hydrogen-bond donors (Lipinski definition) is 1. The number of halogens is 3. The highest BCUT2D eigenvalue weighted by molar-refractivity contribution is 5.74. The van der Waals surface area contributed by atoms with Gasteiger partial charge < -0.3 is 10.1 Å². The summed E-state index contributed by atoms with van der Waals surface area (Å²) in [5.74, 6) is -0.612. The highest BCUT2D eigenvalue weighted by Gasteiger charge is 2.32. The molecule has 1 aromatic rings. The fourth-order valence-electron chi connectivity index (χ4n) is 0.926. The van der Waals surface area contributed by atoms with E-state index in [0.29, 0.717) is 0 Å². The Bertz CT molecular complexity index is 379. The van der Waals surface area contributed by atoms with E-state index in [0.717, 1.165) is 6.07 Å². The zero-order valence-corrected chi connectivity index (χ0v) is 8.34. The number of ether oxygens (including phenoxy) is 1. The van der Waals surface area contributed by atoms with Gasteiger partial charge in [-0.25, -0.2) is 4.98 Å². The van der Waals surface area contributed by atoms with Crippen molar-refractivity contribution in [3.05, 3.63) is 23.9 Å². The predicted octanol–water partition coefficient (Wildman–Crippen LogP) is 1.69. The molecule has 0 radical (unpaired) electrons. The first-order valence-electron chi connectivity index (χ1n) is 4.28. The lowest BCUT2D eigenvalue weighted by Crippen LogP contribution is -2.17. The largest absolute Gasteiger partial charge is 0.468 e. The third-order valence-corrected chi connectivity index (χ3v) is 1.68. The topological polar surface area (TPSA) is 51.2 Å². The Morgan fingerprint density at radius 2 is 2.19 bits per heavy atom. The Balaban J connectivity index is 2.72. The van der Waals surface area contributed by atoms with Crippen molar-refractivity contribution in [1.29, 1.82) is 0 Å². The van der Waals surface area contributed by atoms with Crippen LogP contribution in [-0.4, -0.2) is 24.6 Å².